The number of nitrogens with one attached hydrogen (secondary N) is 1. The second-order valence-electron chi connectivity index (χ2n) is 9.03. The van der Waals surface area contributed by atoms with Crippen molar-refractivity contribution in [1.82, 2.24) is 15.3 Å². The molecule has 1 N–H and O–H groups in total. The van der Waals surface area contributed by atoms with Crippen LogP contribution in [0, 0.1) is 5.41 Å². The van der Waals surface area contributed by atoms with Crippen molar-refractivity contribution >= 4 is 16.9 Å². The van der Waals surface area contributed by atoms with Gasteiger partial charge in [0.2, 0.25) is 12.7 Å². The second kappa shape index (κ2) is 5.94. The molecule has 1 aliphatic heterocycles. The van der Waals surface area contributed by atoms with Crippen molar-refractivity contribution in [2.75, 3.05) is 6.79 Å². The summed E-state index contributed by atoms with van der Waals surface area (Å²) < 4.78 is 10.8. The van der Waals surface area contributed by atoms with E-state index in [0.717, 1.165) is 52.3 Å². The van der Waals surface area contributed by atoms with Crippen molar-refractivity contribution in [3.63, 3.8) is 0 Å². The van der Waals surface area contributed by atoms with Crippen molar-refractivity contribution in [1.29, 1.82) is 0 Å². The minimum atomic E-state index is -0.652. The van der Waals surface area contributed by atoms with Crippen LogP contribution in [-0.2, 0) is 16.8 Å². The first-order valence-corrected chi connectivity index (χ1v) is 10.4. The number of amides is 1. The van der Waals surface area contributed by atoms with E-state index in [-0.39, 0.29) is 24.0 Å². The zero-order chi connectivity index (χ0) is 20.5. The molecule has 2 aliphatic carbocycles. The highest BCUT2D eigenvalue weighted by molar-refractivity contribution is 5.92. The van der Waals surface area contributed by atoms with Gasteiger partial charge >= 0.3 is 0 Å². The summed E-state index contributed by atoms with van der Waals surface area (Å²) >= 11 is 0. The number of para-hydroxylation sites is 2. The van der Waals surface area contributed by atoms with E-state index in [1.165, 1.54) is 0 Å². The molecular formula is C24H23N3O3. The third-order valence-electron chi connectivity index (χ3n) is 7.39. The number of carbonyl (C=O) groups excluding carboxylic acids is 1. The van der Waals surface area contributed by atoms with Crippen molar-refractivity contribution in [2.45, 2.75) is 44.6 Å². The summed E-state index contributed by atoms with van der Waals surface area (Å²) in [6, 6.07) is 13.7. The van der Waals surface area contributed by atoms with Crippen LogP contribution in [0.5, 0.6) is 11.5 Å². The Bertz CT molecular complexity index is 1210. The van der Waals surface area contributed by atoms with Gasteiger partial charge in [-0.15, -0.1) is 0 Å². The van der Waals surface area contributed by atoms with Gasteiger partial charge in [0, 0.05) is 12.5 Å². The molecule has 0 radical (unpaired) electrons. The minimum Gasteiger partial charge on any atom is -0.454 e. The number of hydrogen-bond acceptors (Lipinski definition) is 5. The lowest BCUT2D eigenvalue weighted by atomic mass is 9.67. The maximum absolute atomic E-state index is 13.7. The lowest BCUT2D eigenvalue weighted by molar-refractivity contribution is -0.130. The Labute approximate surface area is 174 Å². The molecule has 3 aromatic rings. The Morgan fingerprint density at radius 1 is 1.10 bits per heavy atom. The molecular weight excluding hydrogens is 378 g/mol. The van der Waals surface area contributed by atoms with Gasteiger partial charge in [-0.05, 0) is 48.1 Å². The van der Waals surface area contributed by atoms with Crippen LogP contribution >= 0.6 is 0 Å². The van der Waals surface area contributed by atoms with Gasteiger partial charge in [-0.2, -0.15) is 0 Å². The fraction of sp³-hybridized carbons (Fsp3) is 0.375. The topological polar surface area (TPSA) is 73.3 Å². The molecule has 2 unspecified atom stereocenters. The normalized spacial score (nSPS) is 24.8. The van der Waals surface area contributed by atoms with Crippen molar-refractivity contribution in [2.24, 2.45) is 5.41 Å². The lowest BCUT2D eigenvalue weighted by Gasteiger charge is -2.36. The Hall–Kier alpha value is -3.15. The van der Waals surface area contributed by atoms with E-state index >= 15 is 0 Å². The van der Waals surface area contributed by atoms with Crippen LogP contribution in [-0.4, -0.2) is 22.7 Å². The molecule has 3 aliphatic rings. The van der Waals surface area contributed by atoms with Crippen molar-refractivity contribution in [3.05, 3.63) is 59.4 Å². The molecule has 0 spiro atoms. The van der Waals surface area contributed by atoms with Crippen LogP contribution < -0.4 is 14.8 Å². The number of fused-ring (bicyclic) bond motifs is 7. The van der Waals surface area contributed by atoms with Crippen LogP contribution in [0.1, 0.15) is 49.6 Å². The predicted octanol–water partition coefficient (Wildman–Crippen LogP) is 3.83. The zero-order valence-corrected chi connectivity index (χ0v) is 17.1. The molecule has 2 bridgehead atoms. The number of ether oxygens (including phenoxy) is 2. The summed E-state index contributed by atoms with van der Waals surface area (Å²) in [6.45, 7) is 5.07. The van der Waals surface area contributed by atoms with E-state index in [2.05, 4.69) is 19.2 Å². The fourth-order valence-corrected chi connectivity index (χ4v) is 5.71. The maximum atomic E-state index is 13.7. The molecule has 2 atom stereocenters. The average Bonchev–Trinajstić information content (AvgIpc) is 3.37. The second-order valence-corrected chi connectivity index (χ2v) is 9.03. The predicted molar refractivity (Wildman–Crippen MR) is 111 cm³/mol. The quantitative estimate of drug-likeness (QED) is 0.722. The van der Waals surface area contributed by atoms with E-state index in [9.17, 15) is 4.79 Å². The van der Waals surface area contributed by atoms with Gasteiger partial charge in [0.1, 0.15) is 0 Å². The molecule has 1 fully saturated rings. The Balaban J connectivity index is 1.36. The highest BCUT2D eigenvalue weighted by atomic mass is 16.7. The highest BCUT2D eigenvalue weighted by Crippen LogP contribution is 2.67. The van der Waals surface area contributed by atoms with Gasteiger partial charge in [0.15, 0.2) is 11.5 Å². The maximum Gasteiger partial charge on any atom is 0.233 e. The number of benzene rings is 2. The third kappa shape index (κ3) is 2.16. The highest BCUT2D eigenvalue weighted by Gasteiger charge is 2.67. The van der Waals surface area contributed by atoms with Crippen LogP contribution in [0.3, 0.4) is 0 Å². The van der Waals surface area contributed by atoms with Gasteiger partial charge in [-0.3, -0.25) is 4.79 Å². The van der Waals surface area contributed by atoms with Gasteiger partial charge < -0.3 is 14.8 Å². The number of rotatable bonds is 3. The molecule has 0 saturated heterocycles. The number of aromatic nitrogens is 2. The van der Waals surface area contributed by atoms with E-state index in [1.807, 2.05) is 42.5 Å². The summed E-state index contributed by atoms with van der Waals surface area (Å²) in [4.78, 5) is 23.6. The summed E-state index contributed by atoms with van der Waals surface area (Å²) in [5.74, 6) is 1.76. The molecule has 152 valence electrons. The molecule has 1 saturated carbocycles. The number of hydrogen-bond donors (Lipinski definition) is 1. The standard InChI is InChI=1S/C24H23N3O3/c1-23(2)15-9-10-24(23,21-20(15)26-16-5-3-4-6-17(16)27-21)22(28)25-12-14-7-8-18-19(11-14)30-13-29-18/h3-8,11,15H,9-10,12-13H2,1-2H3,(H,25,28). The molecule has 1 aromatic heterocycles. The SMILES string of the molecule is CC1(C)C2CCC1(C(=O)NCc1ccc3c(c1)OCO3)c1nc3ccccc3nc12. The van der Waals surface area contributed by atoms with Crippen molar-refractivity contribution in [3.8, 4) is 11.5 Å². The van der Waals surface area contributed by atoms with E-state index in [1.54, 1.807) is 0 Å². The van der Waals surface area contributed by atoms with Gasteiger partial charge in [-0.25, -0.2) is 9.97 Å². The Morgan fingerprint density at radius 2 is 1.87 bits per heavy atom. The van der Waals surface area contributed by atoms with Crippen molar-refractivity contribution < 1.29 is 14.3 Å². The molecule has 1 amide bonds. The van der Waals surface area contributed by atoms with Crippen LogP contribution in [0.2, 0.25) is 0 Å². The lowest BCUT2D eigenvalue weighted by Crippen LogP contribution is -2.49. The fourth-order valence-electron chi connectivity index (χ4n) is 5.71. The first-order chi connectivity index (χ1) is 14.5. The largest absolute Gasteiger partial charge is 0.454 e. The summed E-state index contributed by atoms with van der Waals surface area (Å²) in [6.07, 6.45) is 1.77. The Kier molecular flexibility index (Phi) is 3.50. The monoisotopic (exact) mass is 401 g/mol. The summed E-state index contributed by atoms with van der Waals surface area (Å²) in [5, 5.41) is 3.19. The molecule has 30 heavy (non-hydrogen) atoms. The van der Waals surface area contributed by atoms with Gasteiger partial charge in [0.05, 0.1) is 27.8 Å². The van der Waals surface area contributed by atoms with Gasteiger partial charge in [0.25, 0.3) is 0 Å². The first kappa shape index (κ1) is 17.7. The Morgan fingerprint density at radius 3 is 2.70 bits per heavy atom. The minimum absolute atomic E-state index is 0.0380. The van der Waals surface area contributed by atoms with Crippen LogP contribution in [0.4, 0.5) is 0 Å². The molecule has 6 heteroatoms. The number of carbonyl (C=O) groups is 1. The summed E-state index contributed by atoms with van der Waals surface area (Å²) in [7, 11) is 0. The average molecular weight is 401 g/mol. The van der Waals surface area contributed by atoms with E-state index in [0.29, 0.717) is 6.54 Å². The molecule has 2 heterocycles. The molecule has 6 nitrogen and oxygen atoms in total. The van der Waals surface area contributed by atoms with E-state index in [4.69, 9.17) is 19.4 Å². The van der Waals surface area contributed by atoms with Crippen LogP contribution in [0.25, 0.3) is 11.0 Å². The molecule has 2 aromatic carbocycles. The zero-order valence-electron chi connectivity index (χ0n) is 17.1. The smallest absolute Gasteiger partial charge is 0.233 e. The third-order valence-corrected chi connectivity index (χ3v) is 7.39. The molecule has 6 rings (SSSR count). The summed E-state index contributed by atoms with van der Waals surface area (Å²) in [5.41, 5.74) is 3.72. The first-order valence-electron chi connectivity index (χ1n) is 10.4. The van der Waals surface area contributed by atoms with E-state index < -0.39 is 5.41 Å². The van der Waals surface area contributed by atoms with Crippen LogP contribution in [0.15, 0.2) is 42.5 Å². The number of nitrogens with zero attached hydrogens (tertiary/aromatic N) is 2. The van der Waals surface area contributed by atoms with Gasteiger partial charge in [-0.1, -0.05) is 32.0 Å².